The lowest BCUT2D eigenvalue weighted by Crippen LogP contribution is -2.46. The van der Waals surface area contributed by atoms with Crippen LogP contribution < -0.4 is 10.2 Å². The van der Waals surface area contributed by atoms with Crippen molar-refractivity contribution >= 4 is 29.8 Å². The summed E-state index contributed by atoms with van der Waals surface area (Å²) in [6, 6.07) is 6.17. The molecule has 208 valence electrons. The van der Waals surface area contributed by atoms with Gasteiger partial charge in [-0.3, -0.25) is 9.98 Å². The number of hydrogen-bond acceptors (Lipinski definition) is 6. The zero-order valence-corrected chi connectivity index (χ0v) is 24.1. The largest absolute Gasteiger partial charge is 0.393 e. The van der Waals surface area contributed by atoms with Gasteiger partial charge in [0.05, 0.1) is 24.6 Å². The van der Waals surface area contributed by atoms with Crippen molar-refractivity contribution in [2.75, 3.05) is 56.2 Å². The van der Waals surface area contributed by atoms with Crippen molar-refractivity contribution in [1.82, 2.24) is 14.5 Å². The first-order valence-electron chi connectivity index (χ1n) is 14.5. The van der Waals surface area contributed by atoms with Crippen molar-refractivity contribution in [2.45, 2.75) is 72.8 Å². The normalized spacial score (nSPS) is 14.0. The number of hydrogen-bond donors (Lipinski definition) is 1. The van der Waals surface area contributed by atoms with Gasteiger partial charge in [-0.05, 0) is 63.6 Å². The summed E-state index contributed by atoms with van der Waals surface area (Å²) < 4.78 is 2.11. The first-order valence-corrected chi connectivity index (χ1v) is 14.5. The van der Waals surface area contributed by atoms with Gasteiger partial charge in [0.15, 0.2) is 0 Å². The molecule has 3 rings (SSSR count). The molecule has 8 heteroatoms. The van der Waals surface area contributed by atoms with Gasteiger partial charge in [0.25, 0.3) is 0 Å². The zero-order chi connectivity index (χ0) is 27.4. The van der Waals surface area contributed by atoms with E-state index in [1.807, 2.05) is 44.6 Å². The summed E-state index contributed by atoms with van der Waals surface area (Å²) >= 11 is 0. The Balaban J connectivity index is 0.00000247. The number of rotatable bonds is 15. The Hall–Kier alpha value is -3.18. The SMILES string of the molecule is C#[N+]c1c(/C=N\CNc2ccc(N3CCN(CC)CC3)cn2)ccn1CCCCCCCC=NCC.CC. The van der Waals surface area contributed by atoms with Crippen LogP contribution in [0.15, 0.2) is 40.6 Å². The van der Waals surface area contributed by atoms with Gasteiger partial charge >= 0.3 is 5.82 Å². The van der Waals surface area contributed by atoms with Crippen LogP contribution in [0.4, 0.5) is 17.3 Å². The summed E-state index contributed by atoms with van der Waals surface area (Å²) in [5, 5.41) is 3.26. The molecule has 0 saturated carbocycles. The summed E-state index contributed by atoms with van der Waals surface area (Å²) in [4.78, 5) is 22.2. The van der Waals surface area contributed by atoms with Crippen LogP contribution in [0.2, 0.25) is 0 Å². The monoisotopic (exact) mass is 521 g/mol. The van der Waals surface area contributed by atoms with Gasteiger partial charge in [-0.1, -0.05) is 33.6 Å². The molecule has 1 N–H and O–H groups in total. The highest BCUT2D eigenvalue weighted by Gasteiger charge is 2.17. The first-order chi connectivity index (χ1) is 18.7. The van der Waals surface area contributed by atoms with Crippen LogP contribution in [0, 0.1) is 6.57 Å². The first kappa shape index (κ1) is 31.0. The van der Waals surface area contributed by atoms with E-state index in [1.165, 1.54) is 31.4 Å². The van der Waals surface area contributed by atoms with Crippen molar-refractivity contribution < 1.29 is 0 Å². The van der Waals surface area contributed by atoms with E-state index in [0.29, 0.717) is 6.67 Å². The van der Waals surface area contributed by atoms with E-state index in [0.717, 1.165) is 75.9 Å². The summed E-state index contributed by atoms with van der Waals surface area (Å²) in [5.74, 6) is 1.60. The fourth-order valence-electron chi connectivity index (χ4n) is 4.45. The smallest absolute Gasteiger partial charge is 0.368 e. The van der Waals surface area contributed by atoms with Crippen molar-refractivity contribution in [1.29, 1.82) is 0 Å². The second-order valence-corrected chi connectivity index (χ2v) is 9.12. The van der Waals surface area contributed by atoms with E-state index < -0.39 is 0 Å². The lowest BCUT2D eigenvalue weighted by molar-refractivity contribution is 0.271. The van der Waals surface area contributed by atoms with E-state index in [9.17, 15) is 0 Å². The van der Waals surface area contributed by atoms with E-state index in [4.69, 9.17) is 6.57 Å². The number of piperazine rings is 1. The van der Waals surface area contributed by atoms with Gasteiger partial charge in [0.2, 0.25) is 0 Å². The quantitative estimate of drug-likeness (QED) is 0.213. The van der Waals surface area contributed by atoms with Gasteiger partial charge < -0.3 is 15.1 Å². The molecular weight excluding hydrogens is 472 g/mol. The Morgan fingerprint density at radius 1 is 1.00 bits per heavy atom. The number of nitrogens with zero attached hydrogens (tertiary/aromatic N) is 7. The van der Waals surface area contributed by atoms with Crippen LogP contribution in [0.5, 0.6) is 0 Å². The highest BCUT2D eigenvalue weighted by molar-refractivity contribution is 5.87. The average Bonchev–Trinajstić information content (AvgIpc) is 3.37. The molecule has 0 radical (unpaired) electrons. The highest BCUT2D eigenvalue weighted by Crippen LogP contribution is 2.21. The number of aryl methyl sites for hydroxylation is 1. The molecule has 0 bridgehead atoms. The standard InChI is InChI=1S/C28H43N8.C2H6/c1-4-30-15-10-8-6-7-9-11-16-36-17-14-25(28(36)29-3)22-31-24-33-27-13-12-26(23-32-27)35-20-18-34(5-2)19-21-35;1-2/h3,12-15,17,22-23H,4-11,16,18-21,24H2,1-2H3,(H,32,33);1-2H3/q+1;/b30-15?,31-22-;. The molecule has 1 saturated heterocycles. The van der Waals surface area contributed by atoms with Gasteiger partial charge in [0.1, 0.15) is 24.6 Å². The van der Waals surface area contributed by atoms with Gasteiger partial charge in [-0.15, -0.1) is 0 Å². The van der Waals surface area contributed by atoms with Crippen molar-refractivity contribution in [2.24, 2.45) is 9.98 Å². The third-order valence-electron chi connectivity index (χ3n) is 6.64. The van der Waals surface area contributed by atoms with Crippen LogP contribution in [0.25, 0.3) is 4.85 Å². The minimum absolute atomic E-state index is 0.444. The number of likely N-dealkylation sites (N-methyl/N-ethyl adjacent to an activating group) is 1. The predicted molar refractivity (Wildman–Crippen MR) is 165 cm³/mol. The molecule has 0 aromatic carbocycles. The molecule has 8 nitrogen and oxygen atoms in total. The second kappa shape index (κ2) is 19.0. The number of unbranched alkanes of at least 4 members (excludes halogenated alkanes) is 5. The molecule has 0 aliphatic carbocycles. The predicted octanol–water partition coefficient (Wildman–Crippen LogP) is 6.57. The summed E-state index contributed by atoms with van der Waals surface area (Å²) in [6.07, 6.45) is 15.0. The van der Waals surface area contributed by atoms with Gasteiger partial charge in [-0.2, -0.15) is 4.85 Å². The number of aliphatic imine (C=N–C) groups is 2. The van der Waals surface area contributed by atoms with Crippen molar-refractivity contribution in [3.05, 3.63) is 41.0 Å². The van der Waals surface area contributed by atoms with E-state index in [1.54, 1.807) is 0 Å². The molecule has 0 atom stereocenters. The Bertz CT molecular complexity index is 979. The number of aromatic nitrogens is 2. The Kier molecular flexibility index (Phi) is 15.5. The zero-order valence-electron chi connectivity index (χ0n) is 24.1. The second-order valence-electron chi connectivity index (χ2n) is 9.12. The molecule has 38 heavy (non-hydrogen) atoms. The molecule has 2 aromatic heterocycles. The summed E-state index contributed by atoms with van der Waals surface area (Å²) in [7, 11) is 0. The maximum Gasteiger partial charge on any atom is 0.393 e. The number of pyridine rings is 1. The van der Waals surface area contributed by atoms with Gasteiger partial charge in [0, 0.05) is 38.9 Å². The minimum Gasteiger partial charge on any atom is -0.368 e. The number of anilines is 2. The lowest BCUT2D eigenvalue weighted by atomic mass is 10.1. The van der Waals surface area contributed by atoms with E-state index in [-0.39, 0.29) is 0 Å². The molecule has 0 amide bonds. The molecule has 3 heterocycles. The van der Waals surface area contributed by atoms with Crippen LogP contribution in [-0.4, -0.2) is 72.8 Å². The Morgan fingerprint density at radius 3 is 2.45 bits per heavy atom. The summed E-state index contributed by atoms with van der Waals surface area (Å²) in [5.41, 5.74) is 2.11. The number of nitrogens with one attached hydrogen (secondary N) is 1. The molecular formula is C30H49N8+. The fraction of sp³-hybridized carbons (Fsp3) is 0.600. The van der Waals surface area contributed by atoms with Crippen molar-refractivity contribution in [3.8, 4) is 6.57 Å². The average molecular weight is 522 g/mol. The Morgan fingerprint density at radius 2 is 1.76 bits per heavy atom. The van der Waals surface area contributed by atoms with Gasteiger partial charge in [-0.25, -0.2) is 9.55 Å². The molecule has 1 aliphatic rings. The third-order valence-corrected chi connectivity index (χ3v) is 6.64. The van der Waals surface area contributed by atoms with Crippen LogP contribution in [0.1, 0.15) is 71.8 Å². The van der Waals surface area contributed by atoms with Crippen LogP contribution >= 0.6 is 0 Å². The molecule has 0 unspecified atom stereocenters. The molecule has 2 aromatic rings. The van der Waals surface area contributed by atoms with E-state index >= 15 is 0 Å². The van der Waals surface area contributed by atoms with Crippen LogP contribution in [-0.2, 0) is 6.54 Å². The molecule has 0 spiro atoms. The summed E-state index contributed by atoms with van der Waals surface area (Å²) in [6.45, 7) is 21.7. The Labute approximate surface area is 230 Å². The highest BCUT2D eigenvalue weighted by atomic mass is 15.3. The minimum atomic E-state index is 0.444. The topological polar surface area (TPSA) is 65.4 Å². The molecule has 1 aliphatic heterocycles. The lowest BCUT2D eigenvalue weighted by Gasteiger charge is -2.35. The van der Waals surface area contributed by atoms with E-state index in [2.05, 4.69) is 65.6 Å². The third kappa shape index (κ3) is 10.7. The molecule has 1 fully saturated rings. The maximum atomic E-state index is 5.69. The van der Waals surface area contributed by atoms with Crippen LogP contribution in [0.3, 0.4) is 0 Å². The van der Waals surface area contributed by atoms with Crippen molar-refractivity contribution in [3.63, 3.8) is 0 Å². The fourth-order valence-corrected chi connectivity index (χ4v) is 4.45. The maximum absolute atomic E-state index is 5.69.